The highest BCUT2D eigenvalue weighted by Crippen LogP contribution is 2.28. The lowest BCUT2D eigenvalue weighted by molar-refractivity contribution is 0.0776. The summed E-state index contributed by atoms with van der Waals surface area (Å²) in [5.41, 5.74) is 0.120. The van der Waals surface area contributed by atoms with E-state index < -0.39 is 5.60 Å². The molecule has 0 aromatic heterocycles. The standard InChI is InChI=1S/C17H26FN3O2S.HI/c1-4-19-16(20-11-17(22)7-8-24-12-17)21(2)10-13-5-6-15(23-3)14(18)9-13;/h5-6,9,22H,4,7-8,10-12H2,1-3H3,(H,19,20);1H. The number of aliphatic imine (C=N–C) groups is 1. The van der Waals surface area contributed by atoms with Crippen LogP contribution in [0.1, 0.15) is 18.9 Å². The summed E-state index contributed by atoms with van der Waals surface area (Å²) in [5.74, 6) is 2.27. The van der Waals surface area contributed by atoms with Crippen molar-refractivity contribution in [2.75, 3.05) is 38.8 Å². The van der Waals surface area contributed by atoms with Crippen molar-refractivity contribution < 1.29 is 14.2 Å². The van der Waals surface area contributed by atoms with Gasteiger partial charge < -0.3 is 20.1 Å². The highest BCUT2D eigenvalue weighted by molar-refractivity contribution is 14.0. The number of guanidine groups is 1. The van der Waals surface area contributed by atoms with Gasteiger partial charge in [-0.25, -0.2) is 4.39 Å². The third-order valence-corrected chi connectivity index (χ3v) is 5.17. The molecule has 0 radical (unpaired) electrons. The number of rotatable bonds is 6. The molecule has 2 rings (SSSR count). The second-order valence-corrected chi connectivity index (χ2v) is 7.13. The average Bonchev–Trinajstić information content (AvgIpc) is 2.98. The maximum absolute atomic E-state index is 13.8. The van der Waals surface area contributed by atoms with Crippen LogP contribution in [0.3, 0.4) is 0 Å². The Balaban J connectivity index is 0.00000312. The number of hydrogen-bond acceptors (Lipinski definition) is 4. The Morgan fingerprint density at radius 2 is 2.28 bits per heavy atom. The van der Waals surface area contributed by atoms with Crippen LogP contribution in [0.5, 0.6) is 5.75 Å². The normalized spacial score (nSPS) is 20.1. The van der Waals surface area contributed by atoms with Crippen LogP contribution in [0.25, 0.3) is 0 Å². The van der Waals surface area contributed by atoms with Gasteiger partial charge in [0, 0.05) is 25.9 Å². The van der Waals surface area contributed by atoms with Gasteiger partial charge in [0.25, 0.3) is 0 Å². The summed E-state index contributed by atoms with van der Waals surface area (Å²) in [5, 5.41) is 13.7. The Morgan fingerprint density at radius 1 is 1.52 bits per heavy atom. The van der Waals surface area contributed by atoms with E-state index in [2.05, 4.69) is 10.3 Å². The summed E-state index contributed by atoms with van der Waals surface area (Å²) < 4.78 is 18.8. The van der Waals surface area contributed by atoms with Gasteiger partial charge in [0.05, 0.1) is 19.3 Å². The molecule has 1 aromatic rings. The molecule has 8 heteroatoms. The maximum atomic E-state index is 13.8. The first-order valence-electron chi connectivity index (χ1n) is 8.09. The van der Waals surface area contributed by atoms with Gasteiger partial charge >= 0.3 is 0 Å². The molecule has 1 atom stereocenters. The van der Waals surface area contributed by atoms with Crippen LogP contribution in [-0.2, 0) is 6.54 Å². The Kier molecular flexibility index (Phi) is 9.29. The molecule has 1 unspecified atom stereocenters. The van der Waals surface area contributed by atoms with E-state index in [0.29, 0.717) is 19.0 Å². The molecule has 2 N–H and O–H groups in total. The molecule has 5 nitrogen and oxygen atoms in total. The highest BCUT2D eigenvalue weighted by atomic mass is 127. The van der Waals surface area contributed by atoms with Crippen molar-refractivity contribution in [3.05, 3.63) is 29.6 Å². The molecule has 1 saturated heterocycles. The largest absolute Gasteiger partial charge is 0.494 e. The van der Waals surface area contributed by atoms with Crippen LogP contribution >= 0.6 is 35.7 Å². The fourth-order valence-corrected chi connectivity index (χ4v) is 3.85. The smallest absolute Gasteiger partial charge is 0.194 e. The van der Waals surface area contributed by atoms with Crippen LogP contribution in [0.4, 0.5) is 4.39 Å². The first-order chi connectivity index (χ1) is 11.5. The first kappa shape index (κ1) is 22.3. The number of halogens is 2. The van der Waals surface area contributed by atoms with E-state index in [4.69, 9.17) is 4.74 Å². The van der Waals surface area contributed by atoms with Crippen molar-refractivity contribution >= 4 is 41.7 Å². The minimum atomic E-state index is -0.710. The van der Waals surface area contributed by atoms with Crippen molar-refractivity contribution in [2.45, 2.75) is 25.5 Å². The zero-order valence-corrected chi connectivity index (χ0v) is 18.1. The lowest BCUT2D eigenvalue weighted by Crippen LogP contribution is -2.41. The molecular formula is C17H27FIN3O2S. The number of aliphatic hydroxyl groups is 1. The van der Waals surface area contributed by atoms with Crippen LogP contribution in [-0.4, -0.2) is 60.3 Å². The van der Waals surface area contributed by atoms with Gasteiger partial charge in [0.2, 0.25) is 0 Å². The molecule has 0 spiro atoms. The third kappa shape index (κ3) is 6.49. The lowest BCUT2D eigenvalue weighted by atomic mass is 10.0. The summed E-state index contributed by atoms with van der Waals surface area (Å²) in [4.78, 5) is 6.50. The Hall–Kier alpha value is -0.740. The molecule has 1 aliphatic rings. The van der Waals surface area contributed by atoms with E-state index in [9.17, 15) is 9.50 Å². The molecule has 0 bridgehead atoms. The number of ether oxygens (including phenoxy) is 1. The van der Waals surface area contributed by atoms with E-state index in [-0.39, 0.29) is 35.5 Å². The van der Waals surface area contributed by atoms with E-state index in [0.717, 1.165) is 30.0 Å². The second kappa shape index (κ2) is 10.4. The van der Waals surface area contributed by atoms with Crippen molar-refractivity contribution in [3.63, 3.8) is 0 Å². The Bertz CT molecular complexity index is 583. The van der Waals surface area contributed by atoms with Crippen molar-refractivity contribution in [2.24, 2.45) is 4.99 Å². The van der Waals surface area contributed by atoms with E-state index in [1.54, 1.807) is 17.8 Å². The molecule has 0 saturated carbocycles. The van der Waals surface area contributed by atoms with Crippen LogP contribution < -0.4 is 10.1 Å². The van der Waals surface area contributed by atoms with Gasteiger partial charge in [-0.1, -0.05) is 6.07 Å². The third-order valence-electron chi connectivity index (χ3n) is 3.94. The monoisotopic (exact) mass is 483 g/mol. The number of nitrogens with one attached hydrogen (secondary N) is 1. The van der Waals surface area contributed by atoms with Crippen molar-refractivity contribution in [3.8, 4) is 5.75 Å². The summed E-state index contributed by atoms with van der Waals surface area (Å²) in [7, 11) is 3.35. The Labute approximate surface area is 170 Å². The van der Waals surface area contributed by atoms with Crippen LogP contribution in [0.15, 0.2) is 23.2 Å². The van der Waals surface area contributed by atoms with Crippen LogP contribution in [0, 0.1) is 5.82 Å². The van der Waals surface area contributed by atoms with Gasteiger partial charge in [0.15, 0.2) is 17.5 Å². The number of nitrogens with zero attached hydrogens (tertiary/aromatic N) is 2. The van der Waals surface area contributed by atoms with Gasteiger partial charge in [-0.15, -0.1) is 24.0 Å². The average molecular weight is 483 g/mol. The Morgan fingerprint density at radius 3 is 2.84 bits per heavy atom. The van der Waals surface area contributed by atoms with Crippen molar-refractivity contribution in [1.82, 2.24) is 10.2 Å². The zero-order chi connectivity index (χ0) is 17.6. The van der Waals surface area contributed by atoms with E-state index in [1.807, 2.05) is 24.9 Å². The number of methoxy groups -OCH3 is 1. The number of thioether (sulfide) groups is 1. The predicted molar refractivity (Wildman–Crippen MR) is 113 cm³/mol. The molecule has 1 aromatic carbocycles. The minimum Gasteiger partial charge on any atom is -0.494 e. The quantitative estimate of drug-likeness (QED) is 0.370. The second-order valence-electron chi connectivity index (χ2n) is 6.02. The van der Waals surface area contributed by atoms with Gasteiger partial charge in [-0.05, 0) is 36.8 Å². The van der Waals surface area contributed by atoms with E-state index in [1.165, 1.54) is 13.2 Å². The summed E-state index contributed by atoms with van der Waals surface area (Å²) in [6, 6.07) is 4.93. The van der Waals surface area contributed by atoms with E-state index >= 15 is 0 Å². The SMILES string of the molecule is CCNC(=NCC1(O)CCSC1)N(C)Cc1ccc(OC)c(F)c1.I. The van der Waals surface area contributed by atoms with Crippen molar-refractivity contribution in [1.29, 1.82) is 0 Å². The molecule has 0 amide bonds. The fraction of sp³-hybridized carbons (Fsp3) is 0.588. The van der Waals surface area contributed by atoms with Gasteiger partial charge in [-0.3, -0.25) is 4.99 Å². The maximum Gasteiger partial charge on any atom is 0.194 e. The summed E-state index contributed by atoms with van der Waals surface area (Å²) in [6.07, 6.45) is 0.772. The molecule has 1 aliphatic heterocycles. The molecular weight excluding hydrogens is 456 g/mol. The summed E-state index contributed by atoms with van der Waals surface area (Å²) in [6.45, 7) is 3.62. The topological polar surface area (TPSA) is 57.1 Å². The van der Waals surface area contributed by atoms with Gasteiger partial charge in [0.1, 0.15) is 0 Å². The molecule has 1 heterocycles. The minimum absolute atomic E-state index is 0. The summed E-state index contributed by atoms with van der Waals surface area (Å²) >= 11 is 1.76. The zero-order valence-electron chi connectivity index (χ0n) is 14.9. The van der Waals surface area contributed by atoms with Crippen LogP contribution in [0.2, 0.25) is 0 Å². The first-order valence-corrected chi connectivity index (χ1v) is 9.25. The van der Waals surface area contributed by atoms with Gasteiger partial charge in [-0.2, -0.15) is 11.8 Å². The highest BCUT2D eigenvalue weighted by Gasteiger charge is 2.31. The molecule has 0 aliphatic carbocycles. The molecule has 1 fully saturated rings. The molecule has 142 valence electrons. The predicted octanol–water partition coefficient (Wildman–Crippen LogP) is 2.72. The number of hydrogen-bond donors (Lipinski definition) is 2. The molecule has 25 heavy (non-hydrogen) atoms. The number of benzene rings is 1. The lowest BCUT2D eigenvalue weighted by Gasteiger charge is -2.25. The fourth-order valence-electron chi connectivity index (χ4n) is 2.57.